The van der Waals surface area contributed by atoms with Crippen molar-refractivity contribution in [3.63, 3.8) is 0 Å². The highest BCUT2D eigenvalue weighted by Crippen LogP contribution is 2.26. The molecule has 0 radical (unpaired) electrons. The summed E-state index contributed by atoms with van der Waals surface area (Å²) in [4.78, 5) is 0. The molecular weight excluding hydrogens is 473 g/mol. The van der Waals surface area contributed by atoms with E-state index in [1.54, 1.807) is 0 Å². The monoisotopic (exact) mass is 510 g/mol. The smallest absolute Gasteiger partial charge is 0.255 e. The average molecular weight is 511 g/mol. The lowest BCUT2D eigenvalue weighted by molar-refractivity contribution is 0.232. The second kappa shape index (κ2) is 12.0. The molecule has 4 aromatic rings. The maximum absolute atomic E-state index is 7.09. The van der Waals surface area contributed by atoms with Crippen LogP contribution in [0.2, 0.25) is 12.1 Å². The van der Waals surface area contributed by atoms with Crippen LogP contribution < -0.4 is 20.7 Å². The van der Waals surface area contributed by atoms with E-state index in [1.807, 2.05) is 0 Å². The van der Waals surface area contributed by atoms with Crippen molar-refractivity contribution in [1.29, 1.82) is 0 Å². The van der Waals surface area contributed by atoms with Crippen molar-refractivity contribution < 1.29 is 8.85 Å². The van der Waals surface area contributed by atoms with Crippen molar-refractivity contribution in [2.75, 3.05) is 0 Å². The van der Waals surface area contributed by atoms with E-state index >= 15 is 0 Å². The number of hydrogen-bond donors (Lipinski definition) is 0. The summed E-state index contributed by atoms with van der Waals surface area (Å²) in [6.45, 7) is 8.66. The molecule has 0 aliphatic carbocycles. The van der Waals surface area contributed by atoms with Gasteiger partial charge in [0.05, 0.1) is 0 Å². The van der Waals surface area contributed by atoms with E-state index in [1.165, 1.54) is 20.7 Å². The molecule has 0 saturated carbocycles. The van der Waals surface area contributed by atoms with Gasteiger partial charge in [-0.15, -0.1) is 0 Å². The Morgan fingerprint density at radius 3 is 0.833 bits per heavy atom. The van der Waals surface area contributed by atoms with Crippen LogP contribution in [0.1, 0.15) is 27.7 Å². The van der Waals surface area contributed by atoms with Gasteiger partial charge in [0.25, 0.3) is 16.6 Å². The van der Waals surface area contributed by atoms with Crippen LogP contribution in [-0.2, 0) is 8.85 Å². The number of benzene rings is 4. The first-order chi connectivity index (χ1) is 17.5. The average Bonchev–Trinajstić information content (AvgIpc) is 2.92. The topological polar surface area (TPSA) is 18.5 Å². The first kappa shape index (κ1) is 26.3. The molecule has 0 unspecified atom stereocenters. The minimum Gasteiger partial charge on any atom is -0.406 e. The van der Waals surface area contributed by atoms with Crippen molar-refractivity contribution in [2.24, 2.45) is 0 Å². The van der Waals surface area contributed by atoms with Crippen LogP contribution in [0.5, 0.6) is 0 Å². The highest BCUT2D eigenvalue weighted by Gasteiger charge is 2.47. The molecule has 36 heavy (non-hydrogen) atoms. The van der Waals surface area contributed by atoms with Crippen LogP contribution in [0.25, 0.3) is 0 Å². The van der Waals surface area contributed by atoms with Crippen molar-refractivity contribution in [3.8, 4) is 0 Å². The first-order valence-electron chi connectivity index (χ1n) is 13.0. The van der Waals surface area contributed by atoms with Crippen LogP contribution in [0.4, 0.5) is 0 Å². The molecule has 0 heterocycles. The van der Waals surface area contributed by atoms with Gasteiger partial charge in [0.15, 0.2) is 0 Å². The first-order valence-corrected chi connectivity index (χ1v) is 17.3. The van der Waals surface area contributed by atoms with Crippen LogP contribution in [0.15, 0.2) is 121 Å². The molecule has 4 heteroatoms. The van der Waals surface area contributed by atoms with E-state index in [4.69, 9.17) is 8.85 Å². The highest BCUT2D eigenvalue weighted by atomic mass is 28.4. The summed E-state index contributed by atoms with van der Waals surface area (Å²) in [5.74, 6) is 0. The Balaban J connectivity index is 1.90. The standard InChI is InChI=1S/C32H38O2Si2/c1-27(2)33-35(29-17-9-5-10-18-29,30-19-11-6-12-20-30)25-26-36(34-28(3)4,31-21-13-7-14-22-31)32-23-15-8-16-24-32/h5-24,27-28H,25-26H2,1-4H3. The molecule has 0 saturated heterocycles. The Morgan fingerprint density at radius 1 is 0.417 bits per heavy atom. The lowest BCUT2D eigenvalue weighted by Crippen LogP contribution is -2.66. The fourth-order valence-electron chi connectivity index (χ4n) is 5.29. The Labute approximate surface area is 219 Å². The van der Waals surface area contributed by atoms with Gasteiger partial charge >= 0.3 is 0 Å². The minimum atomic E-state index is -2.58. The van der Waals surface area contributed by atoms with Crippen LogP contribution in [-0.4, -0.2) is 28.8 Å². The fourth-order valence-corrected chi connectivity index (χ4v) is 15.2. The summed E-state index contributed by atoms with van der Waals surface area (Å²) in [5, 5.41) is 5.27. The Hall–Kier alpha value is -2.77. The SMILES string of the molecule is CC(C)O[Si](CC[Si](OC(C)C)(c1ccccc1)c1ccccc1)(c1ccccc1)c1ccccc1. The third-order valence-electron chi connectivity index (χ3n) is 6.66. The summed E-state index contributed by atoms with van der Waals surface area (Å²) < 4.78 is 14.2. The number of hydrogen-bond acceptors (Lipinski definition) is 2. The summed E-state index contributed by atoms with van der Waals surface area (Å²) in [6, 6.07) is 45.5. The molecule has 0 aliphatic heterocycles. The molecule has 0 amide bonds. The Kier molecular flexibility index (Phi) is 8.75. The van der Waals surface area contributed by atoms with Crippen LogP contribution in [0, 0.1) is 0 Å². The number of rotatable bonds is 11. The molecular formula is C32H38O2Si2. The second-order valence-corrected chi connectivity index (χ2v) is 17.0. The predicted molar refractivity (Wildman–Crippen MR) is 158 cm³/mol. The van der Waals surface area contributed by atoms with Gasteiger partial charge in [-0.25, -0.2) is 0 Å². The molecule has 0 aromatic heterocycles. The predicted octanol–water partition coefficient (Wildman–Crippen LogP) is 5.36. The normalized spacial score (nSPS) is 12.3. The van der Waals surface area contributed by atoms with E-state index in [0.717, 1.165) is 12.1 Å². The summed E-state index contributed by atoms with van der Waals surface area (Å²) in [7, 11) is -5.17. The van der Waals surface area contributed by atoms with Crippen molar-refractivity contribution >= 4 is 37.4 Å². The zero-order valence-electron chi connectivity index (χ0n) is 21.9. The molecule has 0 aliphatic rings. The Morgan fingerprint density at radius 2 is 0.639 bits per heavy atom. The summed E-state index contributed by atoms with van der Waals surface area (Å²) >= 11 is 0. The molecule has 2 nitrogen and oxygen atoms in total. The van der Waals surface area contributed by atoms with Crippen molar-refractivity contribution in [3.05, 3.63) is 121 Å². The van der Waals surface area contributed by atoms with Gasteiger partial charge in [0.1, 0.15) is 0 Å². The van der Waals surface area contributed by atoms with Gasteiger partial charge in [-0.3, -0.25) is 0 Å². The van der Waals surface area contributed by atoms with Gasteiger partial charge < -0.3 is 8.85 Å². The van der Waals surface area contributed by atoms with E-state index in [9.17, 15) is 0 Å². The molecule has 0 N–H and O–H groups in total. The molecule has 186 valence electrons. The quantitative estimate of drug-likeness (QED) is 0.253. The maximum Gasteiger partial charge on any atom is 0.255 e. The Bertz CT molecular complexity index is 1000. The summed E-state index contributed by atoms with van der Waals surface area (Å²) in [6.07, 6.45) is 0.236. The molecule has 0 spiro atoms. The molecule has 4 rings (SSSR count). The third-order valence-corrected chi connectivity index (χ3v) is 15.9. The highest BCUT2D eigenvalue weighted by molar-refractivity contribution is 7.02. The summed E-state index contributed by atoms with van der Waals surface area (Å²) in [5.41, 5.74) is 0. The largest absolute Gasteiger partial charge is 0.406 e. The van der Waals surface area contributed by atoms with Crippen molar-refractivity contribution in [1.82, 2.24) is 0 Å². The zero-order chi connectivity index (χ0) is 25.4. The van der Waals surface area contributed by atoms with Gasteiger partial charge in [-0.1, -0.05) is 121 Å². The van der Waals surface area contributed by atoms with Crippen LogP contribution in [0.3, 0.4) is 0 Å². The van der Waals surface area contributed by atoms with Gasteiger partial charge in [-0.05, 0) is 60.5 Å². The molecule has 0 bridgehead atoms. The molecule has 0 fully saturated rings. The second-order valence-electron chi connectivity index (χ2n) is 9.95. The van der Waals surface area contributed by atoms with Gasteiger partial charge in [0, 0.05) is 12.2 Å². The van der Waals surface area contributed by atoms with Gasteiger partial charge in [-0.2, -0.15) is 0 Å². The van der Waals surface area contributed by atoms with E-state index < -0.39 is 16.6 Å². The van der Waals surface area contributed by atoms with E-state index in [-0.39, 0.29) is 12.2 Å². The van der Waals surface area contributed by atoms with E-state index in [2.05, 4.69) is 149 Å². The van der Waals surface area contributed by atoms with Crippen LogP contribution >= 0.6 is 0 Å². The maximum atomic E-state index is 7.09. The third kappa shape index (κ3) is 5.79. The molecule has 4 aromatic carbocycles. The van der Waals surface area contributed by atoms with E-state index in [0.29, 0.717) is 0 Å². The lowest BCUT2D eigenvalue weighted by Gasteiger charge is -2.39. The van der Waals surface area contributed by atoms with Crippen molar-refractivity contribution in [2.45, 2.75) is 52.0 Å². The fraction of sp³-hybridized carbons (Fsp3) is 0.250. The molecule has 0 atom stereocenters. The van der Waals surface area contributed by atoms with Gasteiger partial charge in [0.2, 0.25) is 0 Å². The minimum absolute atomic E-state index is 0.118. The lowest BCUT2D eigenvalue weighted by atomic mass is 10.4. The zero-order valence-corrected chi connectivity index (χ0v) is 23.9.